The van der Waals surface area contributed by atoms with Crippen LogP contribution in [-0.2, 0) is 4.74 Å². The molecule has 1 aliphatic rings. The average Bonchev–Trinajstić information content (AvgIpc) is 2.43. The molecule has 0 spiro atoms. The molecule has 0 saturated carbocycles. The van der Waals surface area contributed by atoms with E-state index in [1.807, 2.05) is 0 Å². The third-order valence-corrected chi connectivity index (χ3v) is 3.73. The van der Waals surface area contributed by atoms with Gasteiger partial charge >= 0.3 is 0 Å². The number of nitrogens with one attached hydrogen (secondary N) is 1. The molecule has 0 bridgehead atoms. The number of benzene rings is 1. The normalized spacial score (nSPS) is 19.5. The van der Waals surface area contributed by atoms with Crippen LogP contribution in [0.25, 0.3) is 0 Å². The summed E-state index contributed by atoms with van der Waals surface area (Å²) in [7, 11) is 0. The molecule has 0 radical (unpaired) electrons. The number of rotatable bonds is 5. The SMILES string of the molecule is Cc1cc(C)cc(NC(N)=NCCCC2CCCCO2)c1. The molecular weight excluding hydrogens is 262 g/mol. The minimum Gasteiger partial charge on any atom is -0.378 e. The number of nitrogens with two attached hydrogens (primary N) is 1. The fraction of sp³-hybridized carbons (Fsp3) is 0.588. The molecule has 1 aliphatic heterocycles. The van der Waals surface area contributed by atoms with Crippen LogP contribution in [0, 0.1) is 13.8 Å². The van der Waals surface area contributed by atoms with Crippen LogP contribution in [0.2, 0.25) is 0 Å². The molecule has 21 heavy (non-hydrogen) atoms. The summed E-state index contributed by atoms with van der Waals surface area (Å²) in [6.45, 7) is 5.83. The highest BCUT2D eigenvalue weighted by atomic mass is 16.5. The molecule has 2 rings (SSSR count). The number of anilines is 1. The van der Waals surface area contributed by atoms with E-state index in [1.165, 1.54) is 30.4 Å². The standard InChI is InChI=1S/C17H27N3O/c1-13-10-14(2)12-15(11-13)20-17(18)19-8-5-7-16-6-3-4-9-21-16/h10-12,16H,3-9H2,1-2H3,(H3,18,19,20). The van der Waals surface area contributed by atoms with Crippen molar-refractivity contribution < 1.29 is 4.74 Å². The Morgan fingerprint density at radius 2 is 2.05 bits per heavy atom. The molecule has 116 valence electrons. The summed E-state index contributed by atoms with van der Waals surface area (Å²) in [6.07, 6.45) is 6.24. The van der Waals surface area contributed by atoms with E-state index in [9.17, 15) is 0 Å². The van der Waals surface area contributed by atoms with Crippen molar-refractivity contribution in [3.8, 4) is 0 Å². The van der Waals surface area contributed by atoms with Crippen LogP contribution in [0.15, 0.2) is 23.2 Å². The average molecular weight is 289 g/mol. The highest BCUT2D eigenvalue weighted by Gasteiger charge is 2.12. The van der Waals surface area contributed by atoms with Crippen LogP contribution in [0.5, 0.6) is 0 Å². The van der Waals surface area contributed by atoms with Crippen LogP contribution in [0.4, 0.5) is 5.69 Å². The second-order valence-corrected chi connectivity index (χ2v) is 5.90. The third-order valence-electron chi connectivity index (χ3n) is 3.73. The van der Waals surface area contributed by atoms with E-state index >= 15 is 0 Å². The maximum atomic E-state index is 5.93. The van der Waals surface area contributed by atoms with E-state index in [-0.39, 0.29) is 0 Å². The van der Waals surface area contributed by atoms with Gasteiger partial charge in [0.25, 0.3) is 0 Å². The fourth-order valence-corrected chi connectivity index (χ4v) is 2.79. The van der Waals surface area contributed by atoms with Gasteiger partial charge < -0.3 is 15.8 Å². The zero-order valence-corrected chi connectivity index (χ0v) is 13.2. The van der Waals surface area contributed by atoms with E-state index in [4.69, 9.17) is 10.5 Å². The Hall–Kier alpha value is -1.55. The predicted octanol–water partition coefficient (Wildman–Crippen LogP) is 3.38. The lowest BCUT2D eigenvalue weighted by Crippen LogP contribution is -2.23. The minimum atomic E-state index is 0.433. The maximum Gasteiger partial charge on any atom is 0.193 e. The molecule has 1 aromatic rings. The molecule has 0 aliphatic carbocycles. The molecule has 1 unspecified atom stereocenters. The van der Waals surface area contributed by atoms with E-state index in [0.29, 0.717) is 12.1 Å². The molecule has 4 nitrogen and oxygen atoms in total. The van der Waals surface area contributed by atoms with Gasteiger partial charge in [-0.2, -0.15) is 0 Å². The number of aryl methyl sites for hydroxylation is 2. The molecule has 1 aromatic carbocycles. The molecule has 0 amide bonds. The van der Waals surface area contributed by atoms with Gasteiger partial charge in [0.05, 0.1) is 6.10 Å². The van der Waals surface area contributed by atoms with Crippen molar-refractivity contribution in [2.75, 3.05) is 18.5 Å². The lowest BCUT2D eigenvalue weighted by atomic mass is 10.1. The summed E-state index contributed by atoms with van der Waals surface area (Å²) in [5, 5.41) is 3.16. The zero-order chi connectivity index (χ0) is 15.1. The Balaban J connectivity index is 1.73. The molecule has 1 saturated heterocycles. The highest BCUT2D eigenvalue weighted by Crippen LogP contribution is 2.17. The van der Waals surface area contributed by atoms with Gasteiger partial charge in [-0.25, -0.2) is 0 Å². The lowest BCUT2D eigenvalue weighted by molar-refractivity contribution is 0.0105. The summed E-state index contributed by atoms with van der Waals surface area (Å²) in [4.78, 5) is 4.39. The molecular formula is C17H27N3O. The fourth-order valence-electron chi connectivity index (χ4n) is 2.79. The van der Waals surface area contributed by atoms with E-state index in [1.54, 1.807) is 0 Å². The molecule has 1 atom stereocenters. The van der Waals surface area contributed by atoms with E-state index in [0.717, 1.165) is 31.7 Å². The summed E-state index contributed by atoms with van der Waals surface area (Å²) in [6, 6.07) is 6.29. The second-order valence-electron chi connectivity index (χ2n) is 5.90. The van der Waals surface area contributed by atoms with Gasteiger partial charge in [-0.05, 0) is 69.2 Å². The first-order chi connectivity index (χ1) is 10.1. The van der Waals surface area contributed by atoms with Gasteiger partial charge in [0.1, 0.15) is 0 Å². The van der Waals surface area contributed by atoms with Crippen molar-refractivity contribution in [3.63, 3.8) is 0 Å². The Morgan fingerprint density at radius 1 is 1.29 bits per heavy atom. The Kier molecular flexibility index (Phi) is 6.05. The number of ether oxygens (including phenoxy) is 1. The topological polar surface area (TPSA) is 59.6 Å². The first-order valence-corrected chi connectivity index (χ1v) is 7.90. The monoisotopic (exact) mass is 289 g/mol. The Morgan fingerprint density at radius 3 is 2.71 bits per heavy atom. The smallest absolute Gasteiger partial charge is 0.193 e. The van der Waals surface area contributed by atoms with Crippen molar-refractivity contribution >= 4 is 11.6 Å². The quantitative estimate of drug-likeness (QED) is 0.496. The number of hydrogen-bond donors (Lipinski definition) is 2. The van der Waals surface area contributed by atoms with Crippen LogP contribution < -0.4 is 11.1 Å². The molecule has 1 fully saturated rings. The third kappa shape index (κ3) is 5.76. The van der Waals surface area contributed by atoms with Crippen molar-refractivity contribution in [2.45, 2.75) is 52.1 Å². The number of aliphatic imine (C=N–C) groups is 1. The number of nitrogens with zero attached hydrogens (tertiary/aromatic N) is 1. The summed E-state index contributed by atoms with van der Waals surface area (Å²) < 4.78 is 5.71. The van der Waals surface area contributed by atoms with Crippen LogP contribution in [0.3, 0.4) is 0 Å². The Labute approximate surface area is 127 Å². The molecule has 0 aromatic heterocycles. The van der Waals surface area contributed by atoms with E-state index in [2.05, 4.69) is 42.4 Å². The molecule has 1 heterocycles. The first-order valence-electron chi connectivity index (χ1n) is 7.90. The number of guanidine groups is 1. The summed E-state index contributed by atoms with van der Waals surface area (Å²) in [5.74, 6) is 0.490. The molecule has 3 N–H and O–H groups in total. The van der Waals surface area contributed by atoms with E-state index < -0.39 is 0 Å². The minimum absolute atomic E-state index is 0.433. The zero-order valence-electron chi connectivity index (χ0n) is 13.2. The van der Waals surface area contributed by atoms with Crippen LogP contribution >= 0.6 is 0 Å². The molecule has 4 heteroatoms. The predicted molar refractivity (Wildman–Crippen MR) is 88.9 cm³/mol. The van der Waals surface area contributed by atoms with Gasteiger partial charge in [-0.15, -0.1) is 0 Å². The second kappa shape index (κ2) is 8.03. The lowest BCUT2D eigenvalue weighted by Gasteiger charge is -2.22. The Bertz CT molecular complexity index is 459. The maximum absolute atomic E-state index is 5.93. The largest absolute Gasteiger partial charge is 0.378 e. The van der Waals surface area contributed by atoms with Crippen LogP contribution in [-0.4, -0.2) is 25.2 Å². The van der Waals surface area contributed by atoms with Crippen molar-refractivity contribution in [2.24, 2.45) is 10.7 Å². The first kappa shape index (κ1) is 15.8. The highest BCUT2D eigenvalue weighted by molar-refractivity contribution is 5.92. The van der Waals surface area contributed by atoms with Crippen molar-refractivity contribution in [1.29, 1.82) is 0 Å². The van der Waals surface area contributed by atoms with Gasteiger partial charge in [-0.1, -0.05) is 6.07 Å². The summed E-state index contributed by atoms with van der Waals surface area (Å²) in [5.41, 5.74) is 9.38. The van der Waals surface area contributed by atoms with Gasteiger partial charge in [0.2, 0.25) is 0 Å². The number of hydrogen-bond acceptors (Lipinski definition) is 2. The van der Waals surface area contributed by atoms with Gasteiger partial charge in [0, 0.05) is 18.8 Å². The van der Waals surface area contributed by atoms with Crippen molar-refractivity contribution in [1.82, 2.24) is 0 Å². The summed E-state index contributed by atoms with van der Waals surface area (Å²) >= 11 is 0. The van der Waals surface area contributed by atoms with Crippen LogP contribution in [0.1, 0.15) is 43.2 Å². The van der Waals surface area contributed by atoms with Gasteiger partial charge in [-0.3, -0.25) is 4.99 Å². The van der Waals surface area contributed by atoms with Gasteiger partial charge in [0.15, 0.2) is 5.96 Å². The van der Waals surface area contributed by atoms with Crippen molar-refractivity contribution in [3.05, 3.63) is 29.3 Å².